The van der Waals surface area contributed by atoms with Crippen molar-refractivity contribution < 1.29 is 14.1 Å². The minimum absolute atomic E-state index is 0.00619. The largest absolute Gasteiger partial charge is 0.381 e. The first kappa shape index (κ1) is 15.2. The van der Waals surface area contributed by atoms with Crippen molar-refractivity contribution in [3.05, 3.63) is 35.7 Å². The van der Waals surface area contributed by atoms with E-state index in [4.69, 9.17) is 9.26 Å². The zero-order chi connectivity index (χ0) is 16.5. The highest BCUT2D eigenvalue weighted by atomic mass is 16.5. The SMILES string of the molecule is Cc1noc(C[C@@H]2COC[C@H]3CN(C(=O)c4ccnnc4)C[C@@H]23)n1. The first-order valence-corrected chi connectivity index (χ1v) is 8.13. The number of hydrogen-bond donors (Lipinski definition) is 0. The maximum absolute atomic E-state index is 12.6. The van der Waals surface area contributed by atoms with Gasteiger partial charge < -0.3 is 14.2 Å². The van der Waals surface area contributed by atoms with Crippen LogP contribution in [-0.4, -0.2) is 57.4 Å². The van der Waals surface area contributed by atoms with Crippen LogP contribution < -0.4 is 0 Å². The summed E-state index contributed by atoms with van der Waals surface area (Å²) in [7, 11) is 0. The van der Waals surface area contributed by atoms with Crippen LogP contribution >= 0.6 is 0 Å². The molecule has 8 heteroatoms. The lowest BCUT2D eigenvalue weighted by molar-refractivity contribution is -0.0110. The zero-order valence-corrected chi connectivity index (χ0v) is 13.5. The normalized spacial score (nSPS) is 26.4. The van der Waals surface area contributed by atoms with Gasteiger partial charge in [-0.05, 0) is 24.8 Å². The van der Waals surface area contributed by atoms with E-state index in [1.807, 2.05) is 11.8 Å². The van der Waals surface area contributed by atoms with E-state index >= 15 is 0 Å². The van der Waals surface area contributed by atoms with Crippen LogP contribution in [0, 0.1) is 24.7 Å². The number of likely N-dealkylation sites (tertiary alicyclic amines) is 1. The molecule has 2 aliphatic rings. The molecule has 0 bridgehead atoms. The average Bonchev–Trinajstić information content (AvgIpc) is 3.22. The van der Waals surface area contributed by atoms with Gasteiger partial charge >= 0.3 is 0 Å². The number of ether oxygens (including phenoxy) is 1. The van der Waals surface area contributed by atoms with Crippen LogP contribution in [0.4, 0.5) is 0 Å². The van der Waals surface area contributed by atoms with Crippen LogP contribution in [0.2, 0.25) is 0 Å². The van der Waals surface area contributed by atoms with E-state index < -0.39 is 0 Å². The van der Waals surface area contributed by atoms with Crippen molar-refractivity contribution in [3.8, 4) is 0 Å². The molecule has 1 amide bonds. The van der Waals surface area contributed by atoms with E-state index in [1.54, 1.807) is 12.3 Å². The Morgan fingerprint density at radius 2 is 2.25 bits per heavy atom. The van der Waals surface area contributed by atoms with Gasteiger partial charge in [0.2, 0.25) is 5.89 Å². The highest BCUT2D eigenvalue weighted by Crippen LogP contribution is 2.36. The fourth-order valence-corrected chi connectivity index (χ4v) is 3.72. The van der Waals surface area contributed by atoms with Crippen molar-refractivity contribution in [1.82, 2.24) is 25.2 Å². The average molecular weight is 329 g/mol. The van der Waals surface area contributed by atoms with Gasteiger partial charge in [0.25, 0.3) is 5.91 Å². The second kappa shape index (κ2) is 6.27. The third-order valence-corrected chi connectivity index (χ3v) is 4.89. The quantitative estimate of drug-likeness (QED) is 0.820. The van der Waals surface area contributed by atoms with Gasteiger partial charge in [0.1, 0.15) is 0 Å². The smallest absolute Gasteiger partial charge is 0.255 e. The molecular formula is C16H19N5O3. The zero-order valence-electron chi connectivity index (χ0n) is 13.5. The van der Waals surface area contributed by atoms with Gasteiger partial charge in [0.15, 0.2) is 5.82 Å². The summed E-state index contributed by atoms with van der Waals surface area (Å²) in [5, 5.41) is 11.4. The Hall–Kier alpha value is -2.35. The lowest BCUT2D eigenvalue weighted by Gasteiger charge is -2.31. The molecule has 0 aromatic carbocycles. The van der Waals surface area contributed by atoms with Crippen molar-refractivity contribution in [2.75, 3.05) is 26.3 Å². The third-order valence-electron chi connectivity index (χ3n) is 4.89. The van der Waals surface area contributed by atoms with Crippen molar-refractivity contribution in [3.63, 3.8) is 0 Å². The van der Waals surface area contributed by atoms with Crippen LogP contribution in [0.15, 0.2) is 23.0 Å². The number of carbonyl (C=O) groups is 1. The number of nitrogens with zero attached hydrogens (tertiary/aromatic N) is 5. The highest BCUT2D eigenvalue weighted by molar-refractivity contribution is 5.94. The minimum atomic E-state index is 0.00619. The summed E-state index contributed by atoms with van der Waals surface area (Å²) in [6.07, 6.45) is 3.75. The predicted octanol–water partition coefficient (Wildman–Crippen LogP) is 0.745. The molecule has 0 aliphatic carbocycles. The molecule has 3 atom stereocenters. The van der Waals surface area contributed by atoms with Gasteiger partial charge in [-0.3, -0.25) is 4.79 Å². The summed E-state index contributed by atoms with van der Waals surface area (Å²) in [4.78, 5) is 18.8. The van der Waals surface area contributed by atoms with Gasteiger partial charge in [-0.2, -0.15) is 15.2 Å². The Kier molecular flexibility index (Phi) is 3.97. The molecule has 0 N–H and O–H groups in total. The summed E-state index contributed by atoms with van der Waals surface area (Å²) in [5.74, 6) is 2.33. The lowest BCUT2D eigenvalue weighted by Crippen LogP contribution is -2.36. The predicted molar refractivity (Wildman–Crippen MR) is 82.0 cm³/mol. The Morgan fingerprint density at radius 3 is 3.00 bits per heavy atom. The van der Waals surface area contributed by atoms with E-state index in [9.17, 15) is 4.79 Å². The number of carbonyl (C=O) groups excluding carboxylic acids is 1. The van der Waals surface area contributed by atoms with Gasteiger partial charge in [-0.25, -0.2) is 0 Å². The fourth-order valence-electron chi connectivity index (χ4n) is 3.72. The molecule has 4 rings (SSSR count). The van der Waals surface area contributed by atoms with Crippen molar-refractivity contribution in [1.29, 1.82) is 0 Å². The van der Waals surface area contributed by atoms with Gasteiger partial charge in [0.05, 0.1) is 31.2 Å². The lowest BCUT2D eigenvalue weighted by atomic mass is 9.81. The number of aryl methyl sites for hydroxylation is 1. The molecule has 2 fully saturated rings. The Labute approximate surface area is 139 Å². The molecule has 0 radical (unpaired) electrons. The van der Waals surface area contributed by atoms with Crippen molar-refractivity contribution >= 4 is 5.91 Å². The Balaban J connectivity index is 1.47. The number of fused-ring (bicyclic) bond motifs is 1. The minimum Gasteiger partial charge on any atom is -0.381 e. The maximum Gasteiger partial charge on any atom is 0.255 e. The van der Waals surface area contributed by atoms with Gasteiger partial charge in [0, 0.05) is 25.4 Å². The summed E-state index contributed by atoms with van der Waals surface area (Å²) in [5.41, 5.74) is 0.577. The van der Waals surface area contributed by atoms with Crippen LogP contribution in [0.3, 0.4) is 0 Å². The van der Waals surface area contributed by atoms with Gasteiger partial charge in [-0.15, -0.1) is 0 Å². The molecule has 0 spiro atoms. The standard InChI is InChI=1S/C16H19N5O3/c1-10-19-15(24-20-10)4-12-8-23-9-13-6-21(7-14(12)13)16(22)11-2-3-17-18-5-11/h2-3,5,12-14H,4,6-9H2,1H3/t12-,13-,14+/m1/s1. The van der Waals surface area contributed by atoms with E-state index in [2.05, 4.69) is 20.3 Å². The Morgan fingerprint density at radius 1 is 1.33 bits per heavy atom. The summed E-state index contributed by atoms with van der Waals surface area (Å²) >= 11 is 0. The first-order chi connectivity index (χ1) is 11.7. The molecule has 24 heavy (non-hydrogen) atoms. The molecule has 2 aliphatic heterocycles. The van der Waals surface area contributed by atoms with E-state index in [1.165, 1.54) is 6.20 Å². The summed E-state index contributed by atoms with van der Waals surface area (Å²) in [6, 6.07) is 1.70. The van der Waals surface area contributed by atoms with E-state index in [-0.39, 0.29) is 11.8 Å². The Bertz CT molecular complexity index is 720. The van der Waals surface area contributed by atoms with E-state index in [0.29, 0.717) is 55.3 Å². The van der Waals surface area contributed by atoms with Crippen LogP contribution in [0.1, 0.15) is 22.1 Å². The number of aromatic nitrogens is 4. The topological polar surface area (TPSA) is 94.2 Å². The second-order valence-corrected chi connectivity index (χ2v) is 6.50. The molecule has 2 aromatic rings. The van der Waals surface area contributed by atoms with Crippen molar-refractivity contribution in [2.45, 2.75) is 13.3 Å². The molecule has 0 unspecified atom stereocenters. The molecule has 126 valence electrons. The summed E-state index contributed by atoms with van der Waals surface area (Å²) < 4.78 is 11.0. The number of amides is 1. The van der Waals surface area contributed by atoms with Crippen LogP contribution in [0.25, 0.3) is 0 Å². The third kappa shape index (κ3) is 2.89. The molecule has 8 nitrogen and oxygen atoms in total. The number of rotatable bonds is 3. The van der Waals surface area contributed by atoms with Crippen molar-refractivity contribution in [2.24, 2.45) is 17.8 Å². The first-order valence-electron chi connectivity index (χ1n) is 8.13. The van der Waals surface area contributed by atoms with Gasteiger partial charge in [-0.1, -0.05) is 5.16 Å². The molecule has 2 saturated heterocycles. The second-order valence-electron chi connectivity index (χ2n) is 6.50. The number of hydrogen-bond acceptors (Lipinski definition) is 7. The maximum atomic E-state index is 12.6. The highest BCUT2D eigenvalue weighted by Gasteiger charge is 2.43. The molecule has 0 saturated carbocycles. The molecular weight excluding hydrogens is 310 g/mol. The molecule has 2 aromatic heterocycles. The fraction of sp³-hybridized carbons (Fsp3) is 0.562. The monoisotopic (exact) mass is 329 g/mol. The van der Waals surface area contributed by atoms with E-state index in [0.717, 1.165) is 6.54 Å². The summed E-state index contributed by atoms with van der Waals surface area (Å²) in [6.45, 7) is 4.62. The van der Waals surface area contributed by atoms with Crippen LogP contribution in [0.5, 0.6) is 0 Å². The molecule has 4 heterocycles. The van der Waals surface area contributed by atoms with Crippen LogP contribution in [-0.2, 0) is 11.2 Å².